The summed E-state index contributed by atoms with van der Waals surface area (Å²) in [6, 6.07) is 16.3. The summed E-state index contributed by atoms with van der Waals surface area (Å²) in [5.74, 6) is -1.27. The van der Waals surface area contributed by atoms with Crippen LogP contribution in [0.25, 0.3) is 11.1 Å². The molecule has 0 radical (unpaired) electrons. The number of halogens is 2. The Bertz CT molecular complexity index is 1370. The number of sulfone groups is 1. The van der Waals surface area contributed by atoms with Crippen LogP contribution >= 0.6 is 11.6 Å². The van der Waals surface area contributed by atoms with Crippen LogP contribution in [-0.4, -0.2) is 32.2 Å². The predicted octanol–water partition coefficient (Wildman–Crippen LogP) is 4.84. The van der Waals surface area contributed by atoms with E-state index in [-0.39, 0.29) is 10.6 Å². The van der Waals surface area contributed by atoms with Gasteiger partial charge in [-0.1, -0.05) is 35.9 Å². The molecule has 1 aliphatic rings. The summed E-state index contributed by atoms with van der Waals surface area (Å²) in [5, 5.41) is 8.32. The molecule has 7 nitrogen and oxygen atoms in total. The van der Waals surface area contributed by atoms with Gasteiger partial charge in [0.05, 0.1) is 10.6 Å². The summed E-state index contributed by atoms with van der Waals surface area (Å²) in [4.78, 5) is 25.2. The molecule has 3 N–H and O–H groups in total. The predicted molar refractivity (Wildman–Crippen MR) is 129 cm³/mol. The Balaban J connectivity index is 1.46. The van der Waals surface area contributed by atoms with E-state index in [4.69, 9.17) is 11.6 Å². The molecule has 0 unspecified atom stereocenters. The van der Waals surface area contributed by atoms with Crippen molar-refractivity contribution in [1.29, 1.82) is 0 Å². The van der Waals surface area contributed by atoms with Crippen molar-refractivity contribution in [3.8, 4) is 11.1 Å². The van der Waals surface area contributed by atoms with E-state index in [1.807, 2.05) is 0 Å². The fourth-order valence-corrected chi connectivity index (χ4v) is 4.54. The van der Waals surface area contributed by atoms with Gasteiger partial charge in [-0.15, -0.1) is 0 Å². The highest BCUT2D eigenvalue weighted by Crippen LogP contribution is 2.37. The van der Waals surface area contributed by atoms with Gasteiger partial charge in [0.2, 0.25) is 5.91 Å². The average Bonchev–Trinajstić information content (AvgIpc) is 3.56. The maximum Gasteiger partial charge on any atom is 0.320 e. The number of benzene rings is 3. The summed E-state index contributed by atoms with van der Waals surface area (Å²) in [7, 11) is -3.52. The Hall–Kier alpha value is -3.43. The molecular formula is C24H21ClFN3O4S. The van der Waals surface area contributed by atoms with Crippen molar-refractivity contribution in [2.45, 2.75) is 23.3 Å². The third kappa shape index (κ3) is 5.21. The molecule has 0 spiro atoms. The fourth-order valence-electron chi connectivity index (χ4n) is 3.50. The van der Waals surface area contributed by atoms with Crippen LogP contribution < -0.4 is 16.0 Å². The molecule has 4 rings (SSSR count). The number of amides is 3. The molecule has 3 aromatic rings. The number of carbonyl (C=O) groups is 2. The average molecular weight is 502 g/mol. The second kappa shape index (κ2) is 9.08. The summed E-state index contributed by atoms with van der Waals surface area (Å²) in [6.07, 6.45) is 1.91. The number of anilines is 2. The zero-order valence-electron chi connectivity index (χ0n) is 18.1. The van der Waals surface area contributed by atoms with Crippen LogP contribution in [0.2, 0.25) is 5.02 Å². The van der Waals surface area contributed by atoms with Crippen LogP contribution in [0.15, 0.2) is 71.6 Å². The van der Waals surface area contributed by atoms with Crippen LogP contribution in [0, 0.1) is 5.82 Å². The first kappa shape index (κ1) is 23.7. The smallest absolute Gasteiger partial charge is 0.320 e. The number of hydrogen-bond donors (Lipinski definition) is 3. The zero-order chi connectivity index (χ0) is 24.5. The Morgan fingerprint density at radius 1 is 0.971 bits per heavy atom. The number of rotatable bonds is 6. The molecule has 3 aromatic carbocycles. The topological polar surface area (TPSA) is 104 Å². The van der Waals surface area contributed by atoms with E-state index in [9.17, 15) is 22.4 Å². The SMILES string of the molecule is CS(=O)(=O)c1ccccc1-c1ccc(NC(=O)C2(NC(=O)Nc3ccc(Cl)cc3)CC2)c(F)c1. The van der Waals surface area contributed by atoms with Crippen LogP contribution in [0.4, 0.5) is 20.6 Å². The fraction of sp³-hybridized carbons (Fsp3) is 0.167. The maximum atomic E-state index is 14.8. The minimum absolute atomic E-state index is 0.0724. The van der Waals surface area contributed by atoms with Gasteiger partial charge < -0.3 is 16.0 Å². The van der Waals surface area contributed by atoms with Crippen molar-refractivity contribution < 1.29 is 22.4 Å². The molecule has 0 heterocycles. The van der Waals surface area contributed by atoms with Gasteiger partial charge in [0.15, 0.2) is 9.84 Å². The van der Waals surface area contributed by atoms with Crippen LogP contribution in [0.3, 0.4) is 0 Å². The molecule has 10 heteroatoms. The molecule has 1 fully saturated rings. The second-order valence-corrected chi connectivity index (χ2v) is 10.5. The number of carbonyl (C=O) groups excluding carboxylic acids is 2. The first-order chi connectivity index (χ1) is 16.1. The van der Waals surface area contributed by atoms with E-state index in [1.54, 1.807) is 42.5 Å². The third-order valence-corrected chi connectivity index (χ3v) is 6.86. The van der Waals surface area contributed by atoms with Gasteiger partial charge in [0.25, 0.3) is 0 Å². The summed E-state index contributed by atoms with van der Waals surface area (Å²) >= 11 is 5.83. The molecule has 0 aliphatic heterocycles. The minimum atomic E-state index is -3.52. The molecule has 1 saturated carbocycles. The van der Waals surface area contributed by atoms with Gasteiger partial charge in [-0.25, -0.2) is 17.6 Å². The lowest BCUT2D eigenvalue weighted by molar-refractivity contribution is -0.118. The van der Waals surface area contributed by atoms with Gasteiger partial charge in [-0.05, 0) is 60.9 Å². The number of hydrogen-bond acceptors (Lipinski definition) is 4. The van der Waals surface area contributed by atoms with Crippen molar-refractivity contribution in [3.05, 3.63) is 77.6 Å². The van der Waals surface area contributed by atoms with Gasteiger partial charge in [-0.3, -0.25) is 4.79 Å². The van der Waals surface area contributed by atoms with Crippen molar-refractivity contribution in [3.63, 3.8) is 0 Å². The highest BCUT2D eigenvalue weighted by Gasteiger charge is 2.51. The molecule has 0 atom stereocenters. The maximum absolute atomic E-state index is 14.8. The molecule has 0 bridgehead atoms. The highest BCUT2D eigenvalue weighted by molar-refractivity contribution is 7.90. The molecule has 34 heavy (non-hydrogen) atoms. The summed E-state index contributed by atoms with van der Waals surface area (Å²) in [5.41, 5.74) is 0.0230. The quantitative estimate of drug-likeness (QED) is 0.449. The Morgan fingerprint density at radius 3 is 2.26 bits per heavy atom. The highest BCUT2D eigenvalue weighted by atomic mass is 35.5. The van der Waals surface area contributed by atoms with E-state index >= 15 is 0 Å². The molecule has 0 aromatic heterocycles. The van der Waals surface area contributed by atoms with Gasteiger partial charge in [0, 0.05) is 22.5 Å². The lowest BCUT2D eigenvalue weighted by Gasteiger charge is -2.18. The first-order valence-corrected chi connectivity index (χ1v) is 12.6. The van der Waals surface area contributed by atoms with E-state index in [0.717, 1.165) is 6.26 Å². The van der Waals surface area contributed by atoms with Crippen molar-refractivity contribution in [1.82, 2.24) is 5.32 Å². The lowest BCUT2D eigenvalue weighted by atomic mass is 10.0. The van der Waals surface area contributed by atoms with Crippen LogP contribution in [0.1, 0.15) is 12.8 Å². The van der Waals surface area contributed by atoms with E-state index in [0.29, 0.717) is 34.7 Å². The Kier molecular flexibility index (Phi) is 6.33. The van der Waals surface area contributed by atoms with Crippen LogP contribution in [-0.2, 0) is 14.6 Å². The first-order valence-electron chi connectivity index (χ1n) is 10.3. The van der Waals surface area contributed by atoms with Gasteiger partial charge >= 0.3 is 6.03 Å². The Morgan fingerprint density at radius 2 is 1.65 bits per heavy atom. The van der Waals surface area contributed by atoms with Crippen molar-refractivity contribution in [2.75, 3.05) is 16.9 Å². The summed E-state index contributed by atoms with van der Waals surface area (Å²) in [6.45, 7) is 0. The zero-order valence-corrected chi connectivity index (χ0v) is 19.6. The van der Waals surface area contributed by atoms with E-state index < -0.39 is 33.1 Å². The molecule has 3 amide bonds. The van der Waals surface area contributed by atoms with E-state index in [1.165, 1.54) is 24.3 Å². The lowest BCUT2D eigenvalue weighted by Crippen LogP contribution is -2.47. The largest absolute Gasteiger partial charge is 0.323 e. The van der Waals surface area contributed by atoms with Gasteiger partial charge in [-0.2, -0.15) is 0 Å². The van der Waals surface area contributed by atoms with Crippen molar-refractivity contribution >= 4 is 44.8 Å². The number of urea groups is 1. The standard InChI is InChI=1S/C24H21ClFN3O4S/c1-34(32,33)21-5-3-2-4-18(21)15-6-11-20(19(26)14-15)28-22(30)24(12-13-24)29-23(31)27-17-9-7-16(25)8-10-17/h2-11,14H,12-13H2,1H3,(H,28,30)(H2,27,29,31). The molecule has 1 aliphatic carbocycles. The van der Waals surface area contributed by atoms with Gasteiger partial charge in [0.1, 0.15) is 11.4 Å². The summed E-state index contributed by atoms with van der Waals surface area (Å²) < 4.78 is 39.0. The number of nitrogens with one attached hydrogen (secondary N) is 3. The third-order valence-electron chi connectivity index (χ3n) is 5.45. The molecule has 176 valence electrons. The van der Waals surface area contributed by atoms with Crippen LogP contribution in [0.5, 0.6) is 0 Å². The second-order valence-electron chi connectivity index (χ2n) is 8.09. The van der Waals surface area contributed by atoms with Crippen molar-refractivity contribution in [2.24, 2.45) is 0 Å². The van der Waals surface area contributed by atoms with E-state index in [2.05, 4.69) is 16.0 Å². The Labute approximate surface area is 201 Å². The normalized spacial score (nSPS) is 14.2. The monoisotopic (exact) mass is 501 g/mol. The minimum Gasteiger partial charge on any atom is -0.323 e. The molecule has 0 saturated heterocycles. The molecular weight excluding hydrogens is 481 g/mol.